The van der Waals surface area contributed by atoms with E-state index in [1.54, 1.807) is 0 Å². The van der Waals surface area contributed by atoms with Crippen molar-refractivity contribution in [2.24, 2.45) is 5.92 Å². The maximum atomic E-state index is 5.39. The first-order chi connectivity index (χ1) is 7.17. The zero-order valence-corrected chi connectivity index (χ0v) is 10.5. The molecule has 88 valence electrons. The molecule has 2 aliphatic rings. The average Bonchev–Trinajstić information content (AvgIpc) is 2.41. The Hall–Kier alpha value is -0.0800. The van der Waals surface area contributed by atoms with Gasteiger partial charge in [-0.05, 0) is 39.2 Å². The van der Waals surface area contributed by atoms with E-state index in [2.05, 4.69) is 18.9 Å². The fraction of sp³-hybridized carbons (Fsp3) is 1.00. The summed E-state index contributed by atoms with van der Waals surface area (Å²) in [6.07, 6.45) is 8.49. The van der Waals surface area contributed by atoms with Crippen LogP contribution in [0, 0.1) is 5.92 Å². The summed E-state index contributed by atoms with van der Waals surface area (Å²) in [6, 6.07) is 0.827. The van der Waals surface area contributed by atoms with Crippen molar-refractivity contribution in [3.05, 3.63) is 0 Å². The second kappa shape index (κ2) is 4.42. The lowest BCUT2D eigenvalue weighted by molar-refractivity contribution is 0.0478. The van der Waals surface area contributed by atoms with Gasteiger partial charge in [0.1, 0.15) is 0 Å². The van der Waals surface area contributed by atoms with Gasteiger partial charge in [0.2, 0.25) is 0 Å². The van der Waals surface area contributed by atoms with Crippen molar-refractivity contribution in [2.75, 3.05) is 20.8 Å². The van der Waals surface area contributed by atoms with E-state index in [0.717, 1.165) is 18.6 Å². The quantitative estimate of drug-likeness (QED) is 0.696. The van der Waals surface area contributed by atoms with Crippen LogP contribution in [-0.2, 0) is 4.74 Å². The zero-order valence-electron chi connectivity index (χ0n) is 10.5. The number of methoxy groups -OCH3 is 1. The third-order valence-corrected chi connectivity index (χ3v) is 4.63. The molecule has 0 N–H and O–H groups in total. The smallest absolute Gasteiger partial charge is 0.0644 e. The Morgan fingerprint density at radius 3 is 2.73 bits per heavy atom. The van der Waals surface area contributed by atoms with E-state index in [-0.39, 0.29) is 0 Å². The fourth-order valence-corrected chi connectivity index (χ4v) is 3.69. The van der Waals surface area contributed by atoms with E-state index in [1.807, 2.05) is 7.11 Å². The molecule has 15 heavy (non-hydrogen) atoms. The molecule has 2 rings (SSSR count). The molecule has 1 aliphatic heterocycles. The van der Waals surface area contributed by atoms with Crippen molar-refractivity contribution in [1.29, 1.82) is 0 Å². The Morgan fingerprint density at radius 1 is 1.27 bits per heavy atom. The first kappa shape index (κ1) is 11.4. The van der Waals surface area contributed by atoms with Crippen LogP contribution in [0.4, 0.5) is 0 Å². The van der Waals surface area contributed by atoms with Crippen LogP contribution in [0.15, 0.2) is 0 Å². The van der Waals surface area contributed by atoms with Crippen LogP contribution in [0.25, 0.3) is 0 Å². The predicted octanol–water partition coefficient (Wildman–Crippen LogP) is 2.68. The maximum absolute atomic E-state index is 5.39. The van der Waals surface area contributed by atoms with Crippen molar-refractivity contribution in [2.45, 2.75) is 57.0 Å². The van der Waals surface area contributed by atoms with Crippen LogP contribution in [0.3, 0.4) is 0 Å². The van der Waals surface area contributed by atoms with Gasteiger partial charge < -0.3 is 4.74 Å². The van der Waals surface area contributed by atoms with Gasteiger partial charge in [0.25, 0.3) is 0 Å². The van der Waals surface area contributed by atoms with Gasteiger partial charge in [-0.1, -0.05) is 19.3 Å². The molecule has 0 aromatic carbocycles. The molecule has 0 amide bonds. The molecular formula is C13H25NO. The average molecular weight is 211 g/mol. The lowest BCUT2D eigenvalue weighted by atomic mass is 9.90. The van der Waals surface area contributed by atoms with Crippen LogP contribution in [0.2, 0.25) is 0 Å². The normalized spacial score (nSPS) is 42.6. The number of fused-ring (bicyclic) bond motifs is 1. The molecule has 3 atom stereocenters. The zero-order chi connectivity index (χ0) is 10.9. The van der Waals surface area contributed by atoms with Crippen molar-refractivity contribution >= 4 is 0 Å². The summed E-state index contributed by atoms with van der Waals surface area (Å²) in [6.45, 7) is 3.25. The van der Waals surface area contributed by atoms with E-state index in [9.17, 15) is 0 Å². The third kappa shape index (κ3) is 2.07. The van der Waals surface area contributed by atoms with Gasteiger partial charge in [-0.25, -0.2) is 0 Å². The minimum atomic E-state index is 0.293. The number of nitrogens with zero attached hydrogens (tertiary/aromatic N) is 1. The highest BCUT2D eigenvalue weighted by Crippen LogP contribution is 2.43. The lowest BCUT2D eigenvalue weighted by Gasteiger charge is -2.34. The second-order valence-electron chi connectivity index (χ2n) is 5.71. The molecule has 1 heterocycles. The number of hydrogen-bond acceptors (Lipinski definition) is 2. The fourth-order valence-electron chi connectivity index (χ4n) is 3.69. The lowest BCUT2D eigenvalue weighted by Crippen LogP contribution is -2.45. The summed E-state index contributed by atoms with van der Waals surface area (Å²) in [4.78, 5) is 2.60. The van der Waals surface area contributed by atoms with Crippen molar-refractivity contribution in [3.63, 3.8) is 0 Å². The van der Waals surface area contributed by atoms with Gasteiger partial charge in [0.15, 0.2) is 0 Å². The Kier molecular flexibility index (Phi) is 3.36. The van der Waals surface area contributed by atoms with Crippen LogP contribution < -0.4 is 0 Å². The molecule has 0 spiro atoms. The van der Waals surface area contributed by atoms with E-state index in [4.69, 9.17) is 4.74 Å². The van der Waals surface area contributed by atoms with E-state index in [1.165, 1.54) is 38.5 Å². The standard InChI is InChI=1S/C13H25NO/c1-13(10-15-3)9-11-7-5-4-6-8-12(11)14(13)2/h11-12H,4-10H2,1-3H3/t11-,12?,13?/m1/s1. The largest absolute Gasteiger partial charge is 0.383 e. The van der Waals surface area contributed by atoms with Crippen molar-refractivity contribution < 1.29 is 4.74 Å². The molecule has 2 nitrogen and oxygen atoms in total. The number of likely N-dealkylation sites (tertiary alicyclic amines) is 1. The van der Waals surface area contributed by atoms with Gasteiger partial charge in [-0.3, -0.25) is 4.90 Å². The molecule has 1 saturated carbocycles. The minimum absolute atomic E-state index is 0.293. The number of likely N-dealkylation sites (N-methyl/N-ethyl adjacent to an activating group) is 1. The molecule has 0 aromatic rings. The predicted molar refractivity (Wildman–Crippen MR) is 63.0 cm³/mol. The van der Waals surface area contributed by atoms with Crippen LogP contribution >= 0.6 is 0 Å². The Bertz CT molecular complexity index is 219. The van der Waals surface area contributed by atoms with Gasteiger partial charge in [0.05, 0.1) is 6.61 Å². The molecule has 0 bridgehead atoms. The van der Waals surface area contributed by atoms with Crippen LogP contribution in [0.5, 0.6) is 0 Å². The molecular weight excluding hydrogens is 186 g/mol. The second-order valence-corrected chi connectivity index (χ2v) is 5.71. The SMILES string of the molecule is COCC1(C)C[C@H]2CCCCCC2N1C. The number of ether oxygens (including phenoxy) is 1. The maximum Gasteiger partial charge on any atom is 0.0644 e. The summed E-state index contributed by atoms with van der Waals surface area (Å²) >= 11 is 0. The first-order valence-electron chi connectivity index (χ1n) is 6.39. The monoisotopic (exact) mass is 211 g/mol. The molecule has 0 radical (unpaired) electrons. The topological polar surface area (TPSA) is 12.5 Å². The van der Waals surface area contributed by atoms with Gasteiger partial charge in [0, 0.05) is 18.7 Å². The van der Waals surface area contributed by atoms with Gasteiger partial charge in [-0.2, -0.15) is 0 Å². The number of rotatable bonds is 2. The van der Waals surface area contributed by atoms with Gasteiger partial charge in [-0.15, -0.1) is 0 Å². The Balaban J connectivity index is 2.08. The van der Waals surface area contributed by atoms with Crippen molar-refractivity contribution in [3.8, 4) is 0 Å². The minimum Gasteiger partial charge on any atom is -0.383 e. The van der Waals surface area contributed by atoms with E-state index >= 15 is 0 Å². The molecule has 2 heteroatoms. The molecule has 2 fully saturated rings. The summed E-state index contributed by atoms with van der Waals surface area (Å²) in [5.74, 6) is 0.928. The number of hydrogen-bond donors (Lipinski definition) is 0. The van der Waals surface area contributed by atoms with Crippen LogP contribution in [0.1, 0.15) is 45.4 Å². The van der Waals surface area contributed by atoms with Crippen molar-refractivity contribution in [1.82, 2.24) is 4.90 Å². The highest BCUT2D eigenvalue weighted by atomic mass is 16.5. The highest BCUT2D eigenvalue weighted by molar-refractivity contribution is 5.01. The first-order valence-corrected chi connectivity index (χ1v) is 6.39. The highest BCUT2D eigenvalue weighted by Gasteiger charge is 2.46. The van der Waals surface area contributed by atoms with Gasteiger partial charge >= 0.3 is 0 Å². The summed E-state index contributed by atoms with van der Waals surface area (Å²) in [5, 5.41) is 0. The third-order valence-electron chi connectivity index (χ3n) is 4.63. The summed E-state index contributed by atoms with van der Waals surface area (Å²) in [5.41, 5.74) is 0.293. The molecule has 1 saturated heterocycles. The van der Waals surface area contributed by atoms with Crippen LogP contribution in [-0.4, -0.2) is 37.2 Å². The van der Waals surface area contributed by atoms with E-state index < -0.39 is 0 Å². The summed E-state index contributed by atoms with van der Waals surface area (Å²) in [7, 11) is 4.13. The Labute approximate surface area is 94.0 Å². The Morgan fingerprint density at radius 2 is 2.00 bits per heavy atom. The molecule has 1 aliphatic carbocycles. The molecule has 0 aromatic heterocycles. The molecule has 2 unspecified atom stereocenters. The summed E-state index contributed by atoms with van der Waals surface area (Å²) < 4.78 is 5.39. The van der Waals surface area contributed by atoms with E-state index in [0.29, 0.717) is 5.54 Å².